The van der Waals surface area contributed by atoms with Crippen LogP contribution >= 0.6 is 0 Å². The Morgan fingerprint density at radius 3 is 2.52 bits per heavy atom. The highest BCUT2D eigenvalue weighted by Crippen LogP contribution is 2.22. The summed E-state index contributed by atoms with van der Waals surface area (Å²) in [6.45, 7) is 2.75. The first-order valence-corrected chi connectivity index (χ1v) is 10.9. The summed E-state index contributed by atoms with van der Waals surface area (Å²) < 4.78 is 37.2. The number of hydrogen-bond acceptors (Lipinski definition) is 7. The molecule has 3 heterocycles. The Morgan fingerprint density at radius 2 is 1.81 bits per heavy atom. The van der Waals surface area contributed by atoms with Crippen LogP contribution in [0.25, 0.3) is 0 Å². The average molecular weight is 391 g/mol. The zero-order valence-corrected chi connectivity index (χ0v) is 15.7. The van der Waals surface area contributed by atoms with Crippen LogP contribution in [-0.2, 0) is 9.84 Å². The van der Waals surface area contributed by atoms with E-state index in [1.54, 1.807) is 24.4 Å². The fourth-order valence-electron chi connectivity index (χ4n) is 3.55. The molecule has 1 unspecified atom stereocenters. The molecule has 2 saturated heterocycles. The van der Waals surface area contributed by atoms with Crippen molar-refractivity contribution in [3.8, 4) is 0 Å². The van der Waals surface area contributed by atoms with Crippen LogP contribution in [0.5, 0.6) is 0 Å². The molecule has 1 aromatic carbocycles. The van der Waals surface area contributed by atoms with E-state index in [1.165, 1.54) is 6.07 Å². The maximum atomic E-state index is 14.0. The van der Waals surface area contributed by atoms with Gasteiger partial charge >= 0.3 is 0 Å². The van der Waals surface area contributed by atoms with Gasteiger partial charge in [-0.2, -0.15) is 4.98 Å². The average Bonchev–Trinajstić information content (AvgIpc) is 3.01. The van der Waals surface area contributed by atoms with Gasteiger partial charge in [0.25, 0.3) is 0 Å². The van der Waals surface area contributed by atoms with Crippen molar-refractivity contribution in [2.45, 2.75) is 12.5 Å². The van der Waals surface area contributed by atoms with E-state index in [1.807, 2.05) is 11.0 Å². The molecule has 0 amide bonds. The minimum Gasteiger partial charge on any atom is -0.366 e. The van der Waals surface area contributed by atoms with Crippen LogP contribution in [0, 0.1) is 5.82 Å². The fraction of sp³-hybridized carbons (Fsp3) is 0.444. The third-order valence-electron chi connectivity index (χ3n) is 4.98. The van der Waals surface area contributed by atoms with Crippen LogP contribution in [0.3, 0.4) is 0 Å². The van der Waals surface area contributed by atoms with Gasteiger partial charge in [-0.05, 0) is 24.6 Å². The van der Waals surface area contributed by atoms with Gasteiger partial charge in [-0.25, -0.2) is 17.8 Å². The Kier molecular flexibility index (Phi) is 4.86. The molecular formula is C18H22FN5O2S. The molecule has 0 spiro atoms. The van der Waals surface area contributed by atoms with Gasteiger partial charge in [-0.1, -0.05) is 12.1 Å². The predicted octanol–water partition coefficient (Wildman–Crippen LogP) is 1.54. The first-order valence-electron chi connectivity index (χ1n) is 9.05. The van der Waals surface area contributed by atoms with Gasteiger partial charge in [-0.3, -0.25) is 0 Å². The number of nitrogens with one attached hydrogen (secondary N) is 1. The van der Waals surface area contributed by atoms with Crippen molar-refractivity contribution >= 4 is 27.3 Å². The summed E-state index contributed by atoms with van der Waals surface area (Å²) in [4.78, 5) is 13.0. The molecular weight excluding hydrogens is 369 g/mol. The zero-order chi connectivity index (χ0) is 18.9. The molecule has 2 aliphatic heterocycles. The van der Waals surface area contributed by atoms with Crippen LogP contribution < -0.4 is 15.1 Å². The largest absolute Gasteiger partial charge is 0.366 e. The number of nitrogens with zero attached hydrogens (tertiary/aromatic N) is 4. The molecule has 1 aromatic heterocycles. The molecule has 27 heavy (non-hydrogen) atoms. The lowest BCUT2D eigenvalue weighted by Gasteiger charge is -2.36. The van der Waals surface area contributed by atoms with Gasteiger partial charge < -0.3 is 15.1 Å². The Labute approximate surface area is 158 Å². The number of halogens is 1. The van der Waals surface area contributed by atoms with Gasteiger partial charge in [0, 0.05) is 38.4 Å². The third-order valence-corrected chi connectivity index (χ3v) is 6.75. The molecule has 0 radical (unpaired) electrons. The quantitative estimate of drug-likeness (QED) is 0.847. The summed E-state index contributed by atoms with van der Waals surface area (Å²) in [6.07, 6.45) is 2.28. The van der Waals surface area contributed by atoms with E-state index in [2.05, 4.69) is 20.2 Å². The number of aromatic nitrogens is 2. The second-order valence-electron chi connectivity index (χ2n) is 6.91. The number of sulfone groups is 1. The molecule has 9 heteroatoms. The number of para-hydroxylation sites is 1. The van der Waals surface area contributed by atoms with Gasteiger partial charge in [0.05, 0.1) is 17.2 Å². The smallest absolute Gasteiger partial charge is 0.227 e. The number of hydrogen-bond donors (Lipinski definition) is 1. The van der Waals surface area contributed by atoms with Gasteiger partial charge in [0.2, 0.25) is 5.95 Å². The first-order chi connectivity index (χ1) is 13.0. The van der Waals surface area contributed by atoms with Crippen LogP contribution in [0.1, 0.15) is 6.42 Å². The molecule has 7 nitrogen and oxygen atoms in total. The van der Waals surface area contributed by atoms with Gasteiger partial charge in [0.15, 0.2) is 9.84 Å². The number of rotatable bonds is 4. The topological polar surface area (TPSA) is 78.4 Å². The summed E-state index contributed by atoms with van der Waals surface area (Å²) in [5.74, 6) is 1.40. The second kappa shape index (κ2) is 7.30. The Hall–Kier alpha value is -2.42. The Balaban J connectivity index is 1.39. The van der Waals surface area contributed by atoms with Crippen molar-refractivity contribution in [3.63, 3.8) is 0 Å². The summed E-state index contributed by atoms with van der Waals surface area (Å²) in [5, 5.41) is 3.20. The lowest BCUT2D eigenvalue weighted by molar-refractivity contribution is 0.594. The fourth-order valence-corrected chi connectivity index (χ4v) is 5.23. The molecule has 0 aliphatic carbocycles. The van der Waals surface area contributed by atoms with E-state index in [4.69, 9.17) is 0 Å². The van der Waals surface area contributed by atoms with Crippen molar-refractivity contribution in [1.29, 1.82) is 0 Å². The number of piperazine rings is 1. The third kappa shape index (κ3) is 4.13. The SMILES string of the molecule is O=S1(=O)CCC(Nc2ccnc(N3CCN(c4ccccc4F)CC3)n2)C1. The second-order valence-corrected chi connectivity index (χ2v) is 9.14. The molecule has 2 fully saturated rings. The Bertz CT molecular complexity index is 915. The van der Waals surface area contributed by atoms with Crippen molar-refractivity contribution in [2.24, 2.45) is 0 Å². The Morgan fingerprint density at radius 1 is 1.07 bits per heavy atom. The molecule has 1 atom stereocenters. The minimum absolute atomic E-state index is 0.101. The van der Waals surface area contributed by atoms with Crippen LogP contribution in [-0.4, -0.2) is 62.1 Å². The van der Waals surface area contributed by atoms with E-state index in [9.17, 15) is 12.8 Å². The highest BCUT2D eigenvalue weighted by molar-refractivity contribution is 7.91. The van der Waals surface area contributed by atoms with E-state index in [0.717, 1.165) is 0 Å². The normalized spacial score (nSPS) is 22.0. The molecule has 4 rings (SSSR count). The molecule has 0 saturated carbocycles. The molecule has 144 valence electrons. The van der Waals surface area contributed by atoms with Crippen LogP contribution in [0.2, 0.25) is 0 Å². The van der Waals surface area contributed by atoms with Crippen LogP contribution in [0.4, 0.5) is 21.8 Å². The first kappa shape index (κ1) is 18.0. The monoisotopic (exact) mass is 391 g/mol. The van der Waals surface area contributed by atoms with Crippen molar-refractivity contribution < 1.29 is 12.8 Å². The standard InChI is InChI=1S/C18H22FN5O2S/c19-15-3-1-2-4-16(15)23-8-10-24(11-9-23)18-20-7-5-17(22-18)21-14-6-12-27(25,26)13-14/h1-5,7,14H,6,8-13H2,(H,20,21,22). The number of anilines is 3. The van der Waals surface area contributed by atoms with E-state index in [-0.39, 0.29) is 23.4 Å². The maximum Gasteiger partial charge on any atom is 0.227 e. The summed E-state index contributed by atoms with van der Waals surface area (Å²) >= 11 is 0. The summed E-state index contributed by atoms with van der Waals surface area (Å²) in [6, 6.07) is 8.45. The zero-order valence-electron chi connectivity index (χ0n) is 14.9. The lowest BCUT2D eigenvalue weighted by atomic mass is 10.2. The van der Waals surface area contributed by atoms with Gasteiger partial charge in [0.1, 0.15) is 11.6 Å². The van der Waals surface area contributed by atoms with Crippen molar-refractivity contribution in [2.75, 3.05) is 52.8 Å². The predicted molar refractivity (Wildman–Crippen MR) is 104 cm³/mol. The van der Waals surface area contributed by atoms with E-state index < -0.39 is 9.84 Å². The highest BCUT2D eigenvalue weighted by Gasteiger charge is 2.28. The maximum absolute atomic E-state index is 14.0. The molecule has 2 aromatic rings. The minimum atomic E-state index is -2.93. The van der Waals surface area contributed by atoms with E-state index in [0.29, 0.717) is 50.1 Å². The highest BCUT2D eigenvalue weighted by atomic mass is 32.2. The van der Waals surface area contributed by atoms with E-state index >= 15 is 0 Å². The summed E-state index contributed by atoms with van der Waals surface area (Å²) in [7, 11) is -2.93. The number of benzene rings is 1. The van der Waals surface area contributed by atoms with Crippen molar-refractivity contribution in [1.82, 2.24) is 9.97 Å². The van der Waals surface area contributed by atoms with Crippen LogP contribution in [0.15, 0.2) is 36.5 Å². The molecule has 0 bridgehead atoms. The molecule has 1 N–H and O–H groups in total. The molecule has 2 aliphatic rings. The summed E-state index contributed by atoms with van der Waals surface area (Å²) in [5.41, 5.74) is 0.621. The van der Waals surface area contributed by atoms with Crippen molar-refractivity contribution in [3.05, 3.63) is 42.3 Å². The van der Waals surface area contributed by atoms with Gasteiger partial charge in [-0.15, -0.1) is 0 Å². The lowest BCUT2D eigenvalue weighted by Crippen LogP contribution is -2.47.